The fourth-order valence-corrected chi connectivity index (χ4v) is 6.14. The van der Waals surface area contributed by atoms with Crippen molar-refractivity contribution < 1.29 is 19.8 Å². The highest BCUT2D eigenvalue weighted by molar-refractivity contribution is 9.10. The standard InChI is InChI=1S/C28H36BrN3O4/c29-22-10-11-24(34)23(19-22)27-28(20-30-14-5-18-33,21-7-2-1-3-8-21)13-12-26(36)32(27)17-6-16-31-15-4-9-25(31)35/h1-3,7-8,10-11,19,27,30,33-34H,4-6,9,12-18,20H2. The van der Waals surface area contributed by atoms with Crippen LogP contribution in [0.3, 0.4) is 0 Å². The number of piperidine rings is 1. The van der Waals surface area contributed by atoms with Gasteiger partial charge in [0.25, 0.3) is 0 Å². The number of nitrogens with one attached hydrogen (secondary N) is 1. The molecule has 0 radical (unpaired) electrons. The first kappa shape index (κ1) is 26.6. The summed E-state index contributed by atoms with van der Waals surface area (Å²) in [5, 5.41) is 23.9. The van der Waals surface area contributed by atoms with E-state index in [0.717, 1.165) is 23.0 Å². The Balaban J connectivity index is 1.73. The summed E-state index contributed by atoms with van der Waals surface area (Å²) in [6.45, 7) is 3.29. The van der Waals surface area contributed by atoms with Gasteiger partial charge in [-0.05, 0) is 56.0 Å². The van der Waals surface area contributed by atoms with E-state index in [4.69, 9.17) is 0 Å². The van der Waals surface area contributed by atoms with Gasteiger partial charge in [0.15, 0.2) is 0 Å². The highest BCUT2D eigenvalue weighted by atomic mass is 79.9. The Morgan fingerprint density at radius 1 is 1.03 bits per heavy atom. The predicted molar refractivity (Wildman–Crippen MR) is 143 cm³/mol. The molecule has 2 saturated heterocycles. The van der Waals surface area contributed by atoms with Crippen LogP contribution in [0.1, 0.15) is 55.7 Å². The maximum atomic E-state index is 13.5. The van der Waals surface area contributed by atoms with E-state index in [1.165, 1.54) is 0 Å². The number of nitrogens with zero attached hydrogens (tertiary/aromatic N) is 2. The zero-order valence-corrected chi connectivity index (χ0v) is 22.3. The lowest BCUT2D eigenvalue weighted by Crippen LogP contribution is -2.56. The molecule has 194 valence electrons. The summed E-state index contributed by atoms with van der Waals surface area (Å²) >= 11 is 3.57. The Bertz CT molecular complexity index is 1050. The molecule has 2 heterocycles. The zero-order chi connectivity index (χ0) is 25.5. The number of benzene rings is 2. The van der Waals surface area contributed by atoms with Crippen LogP contribution in [0.15, 0.2) is 53.0 Å². The lowest BCUT2D eigenvalue weighted by atomic mass is 9.65. The Hall–Kier alpha value is -2.42. The topological polar surface area (TPSA) is 93.1 Å². The number of hydrogen-bond donors (Lipinski definition) is 3. The number of carbonyl (C=O) groups excluding carboxylic acids is 2. The quantitative estimate of drug-likeness (QED) is 0.366. The minimum Gasteiger partial charge on any atom is -0.508 e. The fourth-order valence-electron chi connectivity index (χ4n) is 5.76. The first-order valence-electron chi connectivity index (χ1n) is 12.9. The van der Waals surface area contributed by atoms with E-state index in [-0.39, 0.29) is 24.2 Å². The van der Waals surface area contributed by atoms with Crippen molar-refractivity contribution >= 4 is 27.7 Å². The second kappa shape index (κ2) is 12.2. The number of amides is 2. The first-order valence-corrected chi connectivity index (χ1v) is 13.7. The summed E-state index contributed by atoms with van der Waals surface area (Å²) < 4.78 is 0.839. The molecule has 2 aromatic carbocycles. The number of phenolic OH excluding ortho intramolecular Hbond substituents is 1. The van der Waals surface area contributed by atoms with Crippen molar-refractivity contribution in [2.75, 3.05) is 39.3 Å². The number of aromatic hydroxyl groups is 1. The number of hydrogen-bond acceptors (Lipinski definition) is 5. The van der Waals surface area contributed by atoms with Crippen LogP contribution >= 0.6 is 15.9 Å². The maximum Gasteiger partial charge on any atom is 0.223 e. The largest absolute Gasteiger partial charge is 0.508 e. The van der Waals surface area contributed by atoms with Gasteiger partial charge in [-0.25, -0.2) is 0 Å². The number of phenols is 1. The minimum absolute atomic E-state index is 0.0639. The van der Waals surface area contributed by atoms with Gasteiger partial charge in [-0.1, -0.05) is 46.3 Å². The molecular formula is C28H36BrN3O4. The number of aliphatic hydroxyl groups is 1. The second-order valence-corrected chi connectivity index (χ2v) is 10.7. The van der Waals surface area contributed by atoms with Gasteiger partial charge in [0.05, 0.1) is 6.04 Å². The second-order valence-electron chi connectivity index (χ2n) is 9.81. The molecule has 36 heavy (non-hydrogen) atoms. The smallest absolute Gasteiger partial charge is 0.223 e. The van der Waals surface area contributed by atoms with E-state index < -0.39 is 11.5 Å². The summed E-state index contributed by atoms with van der Waals surface area (Å²) in [6, 6.07) is 15.2. The van der Waals surface area contributed by atoms with Crippen molar-refractivity contribution in [3.63, 3.8) is 0 Å². The molecule has 8 heteroatoms. The van der Waals surface area contributed by atoms with Crippen LogP contribution in [-0.2, 0) is 15.0 Å². The highest BCUT2D eigenvalue weighted by Crippen LogP contribution is 2.50. The number of aliphatic hydroxyl groups excluding tert-OH is 1. The zero-order valence-electron chi connectivity index (χ0n) is 20.7. The summed E-state index contributed by atoms with van der Waals surface area (Å²) in [6.07, 6.45) is 3.88. The van der Waals surface area contributed by atoms with Crippen molar-refractivity contribution in [3.8, 4) is 5.75 Å². The van der Waals surface area contributed by atoms with Crippen LogP contribution in [0.5, 0.6) is 5.75 Å². The summed E-state index contributed by atoms with van der Waals surface area (Å²) in [7, 11) is 0. The molecule has 0 aromatic heterocycles. The molecular weight excluding hydrogens is 522 g/mol. The molecule has 0 spiro atoms. The Labute approximate surface area is 221 Å². The molecule has 2 unspecified atom stereocenters. The molecule has 3 N–H and O–H groups in total. The summed E-state index contributed by atoms with van der Waals surface area (Å²) in [5.74, 6) is 0.412. The van der Waals surface area contributed by atoms with E-state index in [2.05, 4.69) is 33.4 Å². The number of carbonyl (C=O) groups is 2. The molecule has 2 aromatic rings. The van der Waals surface area contributed by atoms with Crippen molar-refractivity contribution in [3.05, 3.63) is 64.1 Å². The van der Waals surface area contributed by atoms with E-state index in [0.29, 0.717) is 63.8 Å². The Morgan fingerprint density at radius 3 is 2.56 bits per heavy atom. The number of likely N-dealkylation sites (tertiary alicyclic amines) is 2. The van der Waals surface area contributed by atoms with Crippen LogP contribution in [0.2, 0.25) is 0 Å². The number of rotatable bonds is 11. The molecule has 0 saturated carbocycles. The molecule has 0 bridgehead atoms. The van der Waals surface area contributed by atoms with Crippen molar-refractivity contribution in [2.45, 2.75) is 50.0 Å². The Morgan fingerprint density at radius 2 is 1.83 bits per heavy atom. The Kier molecular flexibility index (Phi) is 9.04. The van der Waals surface area contributed by atoms with Crippen LogP contribution in [0.4, 0.5) is 0 Å². The van der Waals surface area contributed by atoms with Gasteiger partial charge in [0, 0.05) is 61.1 Å². The van der Waals surface area contributed by atoms with Gasteiger partial charge < -0.3 is 25.3 Å². The van der Waals surface area contributed by atoms with Gasteiger partial charge in [0.2, 0.25) is 11.8 Å². The molecule has 7 nitrogen and oxygen atoms in total. The molecule has 0 aliphatic carbocycles. The van der Waals surface area contributed by atoms with E-state index in [1.54, 1.807) is 12.1 Å². The van der Waals surface area contributed by atoms with Gasteiger partial charge >= 0.3 is 0 Å². The van der Waals surface area contributed by atoms with Crippen LogP contribution in [0.25, 0.3) is 0 Å². The molecule has 2 atom stereocenters. The average Bonchev–Trinajstić information content (AvgIpc) is 3.30. The molecule has 2 aliphatic heterocycles. The van der Waals surface area contributed by atoms with Crippen LogP contribution in [0, 0.1) is 0 Å². The monoisotopic (exact) mass is 557 g/mol. The van der Waals surface area contributed by atoms with E-state index in [9.17, 15) is 19.8 Å². The molecule has 2 aliphatic rings. The van der Waals surface area contributed by atoms with E-state index >= 15 is 0 Å². The third kappa shape index (κ3) is 5.76. The van der Waals surface area contributed by atoms with Crippen molar-refractivity contribution in [1.29, 1.82) is 0 Å². The molecule has 2 fully saturated rings. The third-order valence-corrected chi connectivity index (χ3v) is 8.02. The average molecular weight is 559 g/mol. The minimum atomic E-state index is -0.480. The van der Waals surface area contributed by atoms with Gasteiger partial charge in [-0.3, -0.25) is 9.59 Å². The summed E-state index contributed by atoms with van der Waals surface area (Å²) in [4.78, 5) is 29.4. The predicted octanol–water partition coefficient (Wildman–Crippen LogP) is 3.74. The lowest BCUT2D eigenvalue weighted by Gasteiger charge is -2.51. The van der Waals surface area contributed by atoms with Gasteiger partial charge in [-0.15, -0.1) is 0 Å². The first-order chi connectivity index (χ1) is 17.5. The normalized spacial score (nSPS) is 22.4. The van der Waals surface area contributed by atoms with Gasteiger partial charge in [0.1, 0.15) is 5.75 Å². The third-order valence-electron chi connectivity index (χ3n) is 7.52. The lowest BCUT2D eigenvalue weighted by molar-refractivity contribution is -0.140. The van der Waals surface area contributed by atoms with E-state index in [1.807, 2.05) is 34.1 Å². The maximum absolute atomic E-state index is 13.5. The fraction of sp³-hybridized carbons (Fsp3) is 0.500. The SMILES string of the molecule is O=C1CCCN1CCCN1C(=O)CCC(CNCCCO)(c2ccccc2)C1c1cc(Br)ccc1O. The molecule has 2 amide bonds. The van der Waals surface area contributed by atoms with Crippen molar-refractivity contribution in [2.24, 2.45) is 0 Å². The van der Waals surface area contributed by atoms with Crippen molar-refractivity contribution in [1.82, 2.24) is 15.1 Å². The highest BCUT2D eigenvalue weighted by Gasteiger charge is 2.49. The van der Waals surface area contributed by atoms with Gasteiger partial charge in [-0.2, -0.15) is 0 Å². The number of halogens is 1. The van der Waals surface area contributed by atoms with Crippen LogP contribution < -0.4 is 5.32 Å². The van der Waals surface area contributed by atoms with Crippen LogP contribution in [-0.4, -0.2) is 71.2 Å². The molecule has 4 rings (SSSR count). The summed E-state index contributed by atoms with van der Waals surface area (Å²) in [5.41, 5.74) is 1.34.